The Morgan fingerprint density at radius 3 is 2.46 bits per heavy atom. The standard InChI is InChI=1S/C17H23N3O6/c1-12(21-2)25-17(22-3,23-4)26-14-7-5-6-13(10-14)11-24-16-9-8-15(18)19-20-16/h5-10,12H,11H2,1-4H3,(H2,18,19). The monoisotopic (exact) mass is 365 g/mol. The molecule has 9 nitrogen and oxygen atoms in total. The summed E-state index contributed by atoms with van der Waals surface area (Å²) in [5.41, 5.74) is 6.33. The molecule has 9 heteroatoms. The molecule has 0 aliphatic carbocycles. The van der Waals surface area contributed by atoms with Crippen molar-refractivity contribution in [3.63, 3.8) is 0 Å². The van der Waals surface area contributed by atoms with Crippen molar-refractivity contribution in [2.75, 3.05) is 27.1 Å². The average Bonchev–Trinajstić information content (AvgIpc) is 2.67. The van der Waals surface area contributed by atoms with Crippen LogP contribution in [0.25, 0.3) is 0 Å². The third-order valence-corrected chi connectivity index (χ3v) is 3.33. The molecule has 2 aromatic rings. The second kappa shape index (κ2) is 9.30. The van der Waals surface area contributed by atoms with Crippen LogP contribution in [0.3, 0.4) is 0 Å². The largest absolute Gasteiger partial charge is 0.472 e. The van der Waals surface area contributed by atoms with E-state index >= 15 is 0 Å². The summed E-state index contributed by atoms with van der Waals surface area (Å²) >= 11 is 0. The first kappa shape index (κ1) is 19.9. The zero-order chi connectivity index (χ0) is 19.0. The molecule has 1 aromatic carbocycles. The molecule has 1 atom stereocenters. The van der Waals surface area contributed by atoms with Gasteiger partial charge in [-0.25, -0.2) is 0 Å². The van der Waals surface area contributed by atoms with Crippen molar-refractivity contribution in [3.8, 4) is 11.6 Å². The average molecular weight is 365 g/mol. The van der Waals surface area contributed by atoms with Gasteiger partial charge in [0.05, 0.1) is 0 Å². The second-order valence-corrected chi connectivity index (χ2v) is 5.16. The molecule has 0 saturated carbocycles. The fourth-order valence-corrected chi connectivity index (χ4v) is 1.95. The molecule has 0 radical (unpaired) electrons. The van der Waals surface area contributed by atoms with Crippen LogP contribution in [0.5, 0.6) is 11.6 Å². The summed E-state index contributed by atoms with van der Waals surface area (Å²) in [5, 5.41) is 7.57. The highest BCUT2D eigenvalue weighted by atomic mass is 17.0. The Morgan fingerprint density at radius 1 is 1.08 bits per heavy atom. The number of nitrogens with two attached hydrogens (primary N) is 1. The van der Waals surface area contributed by atoms with Crippen LogP contribution in [0.15, 0.2) is 36.4 Å². The summed E-state index contributed by atoms with van der Waals surface area (Å²) < 4.78 is 32.4. The molecule has 26 heavy (non-hydrogen) atoms. The zero-order valence-electron chi connectivity index (χ0n) is 15.2. The van der Waals surface area contributed by atoms with Crippen molar-refractivity contribution in [3.05, 3.63) is 42.0 Å². The Labute approximate surface area is 151 Å². The maximum absolute atomic E-state index is 5.73. The molecule has 0 bridgehead atoms. The summed E-state index contributed by atoms with van der Waals surface area (Å²) in [4.78, 5) is 0. The first-order chi connectivity index (χ1) is 12.5. The minimum absolute atomic E-state index is 0.262. The minimum atomic E-state index is -1.74. The van der Waals surface area contributed by atoms with Crippen molar-refractivity contribution in [2.24, 2.45) is 0 Å². The van der Waals surface area contributed by atoms with E-state index in [1.165, 1.54) is 21.3 Å². The number of hydrogen-bond acceptors (Lipinski definition) is 9. The predicted molar refractivity (Wildman–Crippen MR) is 92.2 cm³/mol. The topological polar surface area (TPSA) is 107 Å². The van der Waals surface area contributed by atoms with Crippen LogP contribution >= 0.6 is 0 Å². The summed E-state index contributed by atoms with van der Waals surface area (Å²) in [5.74, 6) is 1.15. The molecule has 2 N–H and O–H groups in total. The van der Waals surface area contributed by atoms with Gasteiger partial charge >= 0.3 is 6.16 Å². The number of methoxy groups -OCH3 is 3. The van der Waals surface area contributed by atoms with Crippen LogP contribution in [-0.4, -0.2) is 44.0 Å². The lowest BCUT2D eigenvalue weighted by molar-refractivity contribution is -0.482. The molecule has 0 spiro atoms. The SMILES string of the molecule is COC(C)OC(OC)(OC)Oc1cccc(COc2ccc(N)nn2)c1. The van der Waals surface area contributed by atoms with Crippen LogP contribution in [0.2, 0.25) is 0 Å². The summed E-state index contributed by atoms with van der Waals surface area (Å²) in [6.45, 7) is 1.95. The first-order valence-electron chi connectivity index (χ1n) is 7.81. The van der Waals surface area contributed by atoms with Gasteiger partial charge < -0.3 is 19.9 Å². The molecule has 0 amide bonds. The number of hydrogen-bond donors (Lipinski definition) is 1. The Bertz CT molecular complexity index is 678. The fourth-order valence-electron chi connectivity index (χ4n) is 1.95. The molecule has 142 valence electrons. The molecule has 0 saturated heterocycles. The Balaban J connectivity index is 2.05. The maximum atomic E-state index is 5.73. The lowest BCUT2D eigenvalue weighted by atomic mass is 10.2. The molecular formula is C17H23N3O6. The van der Waals surface area contributed by atoms with E-state index in [0.717, 1.165) is 5.56 Å². The van der Waals surface area contributed by atoms with E-state index in [1.807, 2.05) is 6.07 Å². The van der Waals surface area contributed by atoms with Crippen molar-refractivity contribution in [1.29, 1.82) is 0 Å². The number of aromatic nitrogens is 2. The van der Waals surface area contributed by atoms with Gasteiger partial charge in [-0.05, 0) is 30.7 Å². The highest BCUT2D eigenvalue weighted by molar-refractivity contribution is 5.29. The van der Waals surface area contributed by atoms with Crippen LogP contribution in [0, 0.1) is 0 Å². The van der Waals surface area contributed by atoms with Crippen molar-refractivity contribution in [2.45, 2.75) is 26.0 Å². The van der Waals surface area contributed by atoms with Crippen molar-refractivity contribution >= 4 is 5.82 Å². The highest BCUT2D eigenvalue weighted by Crippen LogP contribution is 2.24. The third kappa shape index (κ3) is 5.53. The smallest absolute Gasteiger partial charge is 0.462 e. The van der Waals surface area contributed by atoms with Crippen LogP contribution in [-0.2, 0) is 25.6 Å². The van der Waals surface area contributed by atoms with E-state index in [-0.39, 0.29) is 6.61 Å². The summed E-state index contributed by atoms with van der Waals surface area (Å²) in [6, 6.07) is 10.4. The van der Waals surface area contributed by atoms with Gasteiger partial charge in [0.2, 0.25) is 5.88 Å². The van der Waals surface area contributed by atoms with Gasteiger partial charge in [0.1, 0.15) is 18.2 Å². The number of benzene rings is 1. The van der Waals surface area contributed by atoms with E-state index in [0.29, 0.717) is 17.4 Å². The second-order valence-electron chi connectivity index (χ2n) is 5.16. The van der Waals surface area contributed by atoms with E-state index in [9.17, 15) is 0 Å². The number of rotatable bonds is 10. The van der Waals surface area contributed by atoms with Gasteiger partial charge in [0.15, 0.2) is 6.29 Å². The van der Waals surface area contributed by atoms with Crippen LogP contribution in [0.1, 0.15) is 12.5 Å². The molecule has 0 aliphatic heterocycles. The third-order valence-electron chi connectivity index (χ3n) is 3.33. The first-order valence-corrected chi connectivity index (χ1v) is 7.81. The van der Waals surface area contributed by atoms with Crippen molar-refractivity contribution < 1.29 is 28.4 Å². The van der Waals surface area contributed by atoms with Gasteiger partial charge in [-0.15, -0.1) is 10.2 Å². The number of anilines is 1. The lowest BCUT2D eigenvalue weighted by Gasteiger charge is -2.31. The van der Waals surface area contributed by atoms with E-state index < -0.39 is 12.4 Å². The Kier molecular flexibility index (Phi) is 7.10. The number of nitrogen functional groups attached to an aromatic ring is 1. The number of ether oxygens (including phenoxy) is 6. The molecule has 1 unspecified atom stereocenters. The van der Waals surface area contributed by atoms with Gasteiger partial charge in [0.25, 0.3) is 0 Å². The van der Waals surface area contributed by atoms with E-state index in [2.05, 4.69) is 10.2 Å². The predicted octanol–water partition coefficient (Wildman–Crippen LogP) is 1.93. The lowest BCUT2D eigenvalue weighted by Crippen LogP contribution is -2.46. The Hall–Kier alpha value is -2.46. The van der Waals surface area contributed by atoms with Gasteiger partial charge in [-0.3, -0.25) is 14.2 Å². The Morgan fingerprint density at radius 2 is 1.85 bits per heavy atom. The quantitative estimate of drug-likeness (QED) is 0.632. The summed E-state index contributed by atoms with van der Waals surface area (Å²) in [6.07, 6.45) is -2.34. The molecule has 0 fully saturated rings. The minimum Gasteiger partial charge on any atom is -0.472 e. The molecule has 0 aliphatic rings. The number of nitrogens with zero attached hydrogens (tertiary/aromatic N) is 2. The van der Waals surface area contributed by atoms with Crippen LogP contribution < -0.4 is 15.2 Å². The van der Waals surface area contributed by atoms with Gasteiger partial charge in [-0.2, -0.15) is 0 Å². The fraction of sp³-hybridized carbons (Fsp3) is 0.412. The van der Waals surface area contributed by atoms with Crippen molar-refractivity contribution in [1.82, 2.24) is 10.2 Å². The van der Waals surface area contributed by atoms with E-state index in [1.54, 1.807) is 37.3 Å². The molecule has 1 aromatic heterocycles. The molecular weight excluding hydrogens is 342 g/mol. The normalized spacial score (nSPS) is 12.6. The maximum Gasteiger partial charge on any atom is 0.462 e. The van der Waals surface area contributed by atoms with Crippen LogP contribution in [0.4, 0.5) is 5.82 Å². The summed E-state index contributed by atoms with van der Waals surface area (Å²) in [7, 11) is 4.30. The zero-order valence-corrected chi connectivity index (χ0v) is 15.2. The molecule has 2 rings (SSSR count). The van der Waals surface area contributed by atoms with Gasteiger partial charge in [0, 0.05) is 27.4 Å². The van der Waals surface area contributed by atoms with Gasteiger partial charge in [-0.1, -0.05) is 12.1 Å². The highest BCUT2D eigenvalue weighted by Gasteiger charge is 2.37. The van der Waals surface area contributed by atoms with E-state index in [4.69, 9.17) is 34.2 Å². The molecule has 1 heterocycles.